The highest BCUT2D eigenvalue weighted by Gasteiger charge is 2.43. The molecule has 38 heavy (non-hydrogen) atoms. The molecule has 0 aromatic heterocycles. The van der Waals surface area contributed by atoms with E-state index in [2.05, 4.69) is 16.0 Å². The molecule has 2 aromatic carbocycles. The molecule has 1 atom stereocenters. The molecule has 5 N–H and O–H groups in total. The summed E-state index contributed by atoms with van der Waals surface area (Å²) in [5.74, 6) is -1.09. The van der Waals surface area contributed by atoms with Crippen molar-refractivity contribution < 1.29 is 23.9 Å². The van der Waals surface area contributed by atoms with Crippen LogP contribution in [0.3, 0.4) is 0 Å². The van der Waals surface area contributed by atoms with Crippen LogP contribution in [-0.2, 0) is 32.0 Å². The van der Waals surface area contributed by atoms with Gasteiger partial charge in [-0.2, -0.15) is 0 Å². The van der Waals surface area contributed by atoms with Crippen molar-refractivity contribution in [3.05, 3.63) is 53.6 Å². The van der Waals surface area contributed by atoms with Crippen LogP contribution in [0.1, 0.15) is 64.0 Å². The van der Waals surface area contributed by atoms with Gasteiger partial charge in [-0.1, -0.05) is 55.7 Å². The van der Waals surface area contributed by atoms with Crippen LogP contribution < -0.4 is 21.7 Å². The van der Waals surface area contributed by atoms with Crippen molar-refractivity contribution in [1.82, 2.24) is 10.6 Å². The lowest BCUT2D eigenvalue weighted by atomic mass is 9.80. The predicted molar refractivity (Wildman–Crippen MR) is 144 cm³/mol. The first kappa shape index (κ1) is 27.2. The smallest absolute Gasteiger partial charge is 0.408 e. The van der Waals surface area contributed by atoms with Gasteiger partial charge < -0.3 is 26.4 Å². The maximum absolute atomic E-state index is 13.5. The Morgan fingerprint density at radius 3 is 2.32 bits per heavy atom. The minimum Gasteiger partial charge on any atom is -0.444 e. The number of fused-ring (bicyclic) bond motifs is 1. The van der Waals surface area contributed by atoms with E-state index in [9.17, 15) is 19.2 Å². The van der Waals surface area contributed by atoms with Crippen LogP contribution in [0.15, 0.2) is 42.5 Å². The van der Waals surface area contributed by atoms with Crippen LogP contribution in [-0.4, -0.2) is 41.0 Å². The van der Waals surface area contributed by atoms with Crippen LogP contribution in [0.5, 0.6) is 0 Å². The number of hydrogen-bond donors (Lipinski definition) is 4. The molecular formula is C29H36N4O5. The molecule has 2 aliphatic rings. The van der Waals surface area contributed by atoms with E-state index in [4.69, 9.17) is 10.5 Å². The fraction of sp³-hybridized carbons (Fsp3) is 0.448. The largest absolute Gasteiger partial charge is 0.444 e. The number of nitrogens with two attached hydrogens (primary N) is 1. The average Bonchev–Trinajstić information content (AvgIpc) is 3.22. The Morgan fingerprint density at radius 1 is 1.03 bits per heavy atom. The second-order valence-corrected chi connectivity index (χ2v) is 11.2. The van der Waals surface area contributed by atoms with E-state index in [0.717, 1.165) is 47.2 Å². The third-order valence-corrected chi connectivity index (χ3v) is 6.99. The molecule has 1 aliphatic heterocycles. The zero-order valence-corrected chi connectivity index (χ0v) is 22.2. The van der Waals surface area contributed by atoms with Crippen LogP contribution >= 0.6 is 0 Å². The van der Waals surface area contributed by atoms with E-state index in [1.54, 1.807) is 20.8 Å². The molecule has 0 bridgehead atoms. The number of benzene rings is 2. The van der Waals surface area contributed by atoms with Crippen molar-refractivity contribution in [2.24, 2.45) is 5.73 Å². The monoisotopic (exact) mass is 520 g/mol. The van der Waals surface area contributed by atoms with Gasteiger partial charge in [0.1, 0.15) is 17.2 Å². The predicted octanol–water partition coefficient (Wildman–Crippen LogP) is 3.59. The number of amides is 4. The highest BCUT2D eigenvalue weighted by atomic mass is 16.6. The third-order valence-electron chi connectivity index (χ3n) is 6.99. The third kappa shape index (κ3) is 6.51. The Morgan fingerprint density at radius 2 is 1.68 bits per heavy atom. The number of carbonyl (C=O) groups excluding carboxylic acids is 4. The first-order valence-corrected chi connectivity index (χ1v) is 13.1. The van der Waals surface area contributed by atoms with E-state index in [0.29, 0.717) is 19.3 Å². The molecule has 0 radical (unpaired) electrons. The molecule has 1 aliphatic carbocycles. The Labute approximate surface area is 222 Å². The first-order chi connectivity index (χ1) is 17.9. The van der Waals surface area contributed by atoms with Gasteiger partial charge >= 0.3 is 6.09 Å². The van der Waals surface area contributed by atoms with Gasteiger partial charge in [0.2, 0.25) is 17.7 Å². The molecule has 1 fully saturated rings. The van der Waals surface area contributed by atoms with Gasteiger partial charge in [-0.15, -0.1) is 0 Å². The van der Waals surface area contributed by atoms with Crippen molar-refractivity contribution in [3.63, 3.8) is 0 Å². The normalized spacial score (nSPS) is 17.1. The van der Waals surface area contributed by atoms with Crippen molar-refractivity contribution in [1.29, 1.82) is 0 Å². The van der Waals surface area contributed by atoms with Crippen LogP contribution in [0.25, 0.3) is 11.1 Å². The fourth-order valence-electron chi connectivity index (χ4n) is 5.05. The van der Waals surface area contributed by atoms with Gasteiger partial charge in [0.05, 0.1) is 6.42 Å². The van der Waals surface area contributed by atoms with Gasteiger partial charge in [-0.3, -0.25) is 14.4 Å². The molecule has 202 valence electrons. The van der Waals surface area contributed by atoms with E-state index >= 15 is 0 Å². The zero-order chi connectivity index (χ0) is 27.5. The molecule has 0 saturated heterocycles. The van der Waals surface area contributed by atoms with Gasteiger partial charge in [0.15, 0.2) is 0 Å². The van der Waals surface area contributed by atoms with Gasteiger partial charge in [0, 0.05) is 12.1 Å². The Balaban J connectivity index is 1.45. The summed E-state index contributed by atoms with van der Waals surface area (Å²) in [6, 6.07) is 12.6. The number of carbonyl (C=O) groups is 4. The minimum atomic E-state index is -1.15. The second kappa shape index (κ2) is 10.8. The molecule has 1 unspecified atom stereocenters. The summed E-state index contributed by atoms with van der Waals surface area (Å²) in [7, 11) is 0. The van der Waals surface area contributed by atoms with E-state index < -0.39 is 35.1 Å². The standard InChI is InChI=1S/C29H36N4O5/c1-28(2,3)38-27(37)33-29(13-5-4-6-14-29)26(36)32-23(25(30)35)15-18-7-9-19(10-8-18)20-11-12-21-17-24(34)31-22(21)16-20/h7-12,16,23H,4-6,13-15,17H2,1-3H3,(H2,30,35)(H,31,34)(H,32,36)(H,33,37). The summed E-state index contributed by atoms with van der Waals surface area (Å²) in [5.41, 5.74) is 8.37. The lowest BCUT2D eigenvalue weighted by Crippen LogP contribution is -2.63. The maximum atomic E-state index is 13.5. The number of nitrogens with one attached hydrogen (secondary N) is 3. The average molecular weight is 521 g/mol. The fourth-order valence-corrected chi connectivity index (χ4v) is 5.05. The summed E-state index contributed by atoms with van der Waals surface area (Å²) < 4.78 is 5.40. The summed E-state index contributed by atoms with van der Waals surface area (Å²) in [6.07, 6.45) is 3.38. The highest BCUT2D eigenvalue weighted by Crippen LogP contribution is 2.31. The number of primary amides is 1. The molecule has 1 saturated carbocycles. The van der Waals surface area contributed by atoms with Crippen molar-refractivity contribution in [3.8, 4) is 11.1 Å². The van der Waals surface area contributed by atoms with Crippen molar-refractivity contribution in [2.45, 2.75) is 82.9 Å². The van der Waals surface area contributed by atoms with Crippen LogP contribution in [0.2, 0.25) is 0 Å². The second-order valence-electron chi connectivity index (χ2n) is 11.2. The minimum absolute atomic E-state index is 0.0108. The summed E-state index contributed by atoms with van der Waals surface area (Å²) in [5, 5.41) is 8.45. The molecule has 9 nitrogen and oxygen atoms in total. The topological polar surface area (TPSA) is 140 Å². The molecule has 2 aromatic rings. The van der Waals surface area contributed by atoms with Crippen LogP contribution in [0, 0.1) is 0 Å². The maximum Gasteiger partial charge on any atom is 0.408 e. The molecule has 4 rings (SSSR count). The number of hydrogen-bond acceptors (Lipinski definition) is 5. The number of alkyl carbamates (subject to hydrolysis) is 1. The Hall–Kier alpha value is -3.88. The van der Waals surface area contributed by atoms with Gasteiger partial charge in [-0.25, -0.2) is 4.79 Å². The lowest BCUT2D eigenvalue weighted by Gasteiger charge is -2.37. The van der Waals surface area contributed by atoms with Gasteiger partial charge in [0.25, 0.3) is 0 Å². The van der Waals surface area contributed by atoms with Crippen molar-refractivity contribution in [2.75, 3.05) is 5.32 Å². The number of rotatable bonds is 7. The zero-order valence-electron chi connectivity index (χ0n) is 22.2. The Bertz CT molecular complexity index is 1230. The Kier molecular flexibility index (Phi) is 7.76. The molecule has 0 spiro atoms. The summed E-state index contributed by atoms with van der Waals surface area (Å²) in [4.78, 5) is 50.0. The first-order valence-electron chi connectivity index (χ1n) is 13.1. The highest BCUT2D eigenvalue weighted by molar-refractivity contribution is 6.00. The molecule has 9 heteroatoms. The van der Waals surface area contributed by atoms with E-state index in [1.807, 2.05) is 42.5 Å². The summed E-state index contributed by atoms with van der Waals surface area (Å²) in [6.45, 7) is 5.28. The van der Waals surface area contributed by atoms with Crippen molar-refractivity contribution >= 4 is 29.5 Å². The summed E-state index contributed by atoms with van der Waals surface area (Å²) >= 11 is 0. The van der Waals surface area contributed by atoms with Crippen LogP contribution in [0.4, 0.5) is 10.5 Å². The van der Waals surface area contributed by atoms with E-state index in [1.165, 1.54) is 0 Å². The quantitative estimate of drug-likeness (QED) is 0.442. The molecule has 1 heterocycles. The van der Waals surface area contributed by atoms with E-state index in [-0.39, 0.29) is 12.3 Å². The molecule has 4 amide bonds. The lowest BCUT2D eigenvalue weighted by molar-refractivity contribution is -0.133. The SMILES string of the molecule is CC(C)(C)OC(=O)NC1(C(=O)NC(Cc2ccc(-c3ccc4c(c3)NC(=O)C4)cc2)C(N)=O)CCCCC1. The number of ether oxygens (including phenoxy) is 1. The van der Waals surface area contributed by atoms with Gasteiger partial charge in [-0.05, 0) is 61.9 Å². The number of anilines is 1. The molecular weight excluding hydrogens is 484 g/mol.